The number of aryl methyl sites for hydroxylation is 3. The van der Waals surface area contributed by atoms with Crippen molar-refractivity contribution in [3.63, 3.8) is 0 Å². The number of rotatable bonds is 2. The summed E-state index contributed by atoms with van der Waals surface area (Å²) < 4.78 is 23.9. The van der Waals surface area contributed by atoms with Crippen LogP contribution in [0.25, 0.3) is 33.3 Å². The maximum atomic E-state index is 7.92. The van der Waals surface area contributed by atoms with Crippen molar-refractivity contribution in [3.8, 4) is 11.3 Å². The van der Waals surface area contributed by atoms with Crippen LogP contribution < -0.4 is 4.57 Å². The third-order valence-corrected chi connectivity index (χ3v) is 4.26. The first-order valence-corrected chi connectivity index (χ1v) is 7.63. The highest BCUT2D eigenvalue weighted by Gasteiger charge is 2.21. The highest BCUT2D eigenvalue weighted by Crippen LogP contribution is 2.35. The first kappa shape index (κ1) is 11.8. The van der Waals surface area contributed by atoms with E-state index in [1.165, 1.54) is 0 Å². The molecule has 3 heteroatoms. The van der Waals surface area contributed by atoms with Crippen LogP contribution in [-0.2, 0) is 13.4 Å². The summed E-state index contributed by atoms with van der Waals surface area (Å²) in [7, 11) is 1.93. The number of nitrogens with zero attached hydrogens (tertiary/aromatic N) is 2. The summed E-state index contributed by atoms with van der Waals surface area (Å²) in [6.45, 7) is 3.58. The zero-order chi connectivity index (χ0) is 17.8. The summed E-state index contributed by atoms with van der Waals surface area (Å²) in [6.07, 6.45) is 2.33. The first-order chi connectivity index (χ1) is 11.9. The molecule has 0 aliphatic carbocycles. The molecule has 0 bridgehead atoms. The Hall–Kier alpha value is -2.68. The van der Waals surface area contributed by atoms with E-state index in [0.29, 0.717) is 5.56 Å². The molecule has 114 valence electrons. The summed E-state index contributed by atoms with van der Waals surface area (Å²) in [5, 5.41) is 1.00. The lowest BCUT2D eigenvalue weighted by Gasteiger charge is -2.06. The normalized spacial score (nSPS) is 13.3. The number of pyridine rings is 2. The minimum Gasteiger partial charge on any atom is -0.453 e. The lowest BCUT2D eigenvalue weighted by molar-refractivity contribution is -0.660. The van der Waals surface area contributed by atoms with Crippen LogP contribution in [0.1, 0.15) is 20.8 Å². The van der Waals surface area contributed by atoms with Crippen LogP contribution in [0.15, 0.2) is 53.2 Å². The molecule has 0 N–H and O–H groups in total. The van der Waals surface area contributed by atoms with E-state index in [2.05, 4.69) is 4.98 Å². The predicted molar refractivity (Wildman–Crippen MR) is 92.2 cm³/mol. The molecule has 0 unspecified atom stereocenters. The van der Waals surface area contributed by atoms with E-state index >= 15 is 0 Å². The van der Waals surface area contributed by atoms with Gasteiger partial charge in [-0.15, -0.1) is 0 Å². The maximum absolute atomic E-state index is 7.92. The summed E-state index contributed by atoms with van der Waals surface area (Å²) in [5.74, 6) is 0. The number of furan rings is 1. The van der Waals surface area contributed by atoms with E-state index in [-0.39, 0.29) is 0 Å². The number of benzene rings is 1. The fourth-order valence-corrected chi connectivity index (χ4v) is 3.07. The van der Waals surface area contributed by atoms with Crippen LogP contribution in [0.5, 0.6) is 0 Å². The monoisotopic (exact) mass is 305 g/mol. The van der Waals surface area contributed by atoms with Crippen molar-refractivity contribution in [2.24, 2.45) is 7.05 Å². The van der Waals surface area contributed by atoms with Gasteiger partial charge < -0.3 is 4.42 Å². The maximum Gasteiger partial charge on any atom is 0.216 e. The van der Waals surface area contributed by atoms with Gasteiger partial charge in [-0.2, -0.15) is 0 Å². The van der Waals surface area contributed by atoms with E-state index in [0.717, 1.165) is 38.9 Å². The van der Waals surface area contributed by atoms with Gasteiger partial charge in [-0.1, -0.05) is 19.1 Å². The van der Waals surface area contributed by atoms with Gasteiger partial charge in [-0.05, 0) is 37.1 Å². The number of fused-ring (bicyclic) bond motifs is 3. The van der Waals surface area contributed by atoms with Crippen molar-refractivity contribution in [1.82, 2.24) is 4.98 Å². The van der Waals surface area contributed by atoms with Gasteiger partial charge in [0.25, 0.3) is 0 Å². The first-order valence-electron chi connectivity index (χ1n) is 8.63. The SMILES string of the molecule is [2H]C([2H])(C)c1ccc(-c2c(C)cnc3c2oc2ccccc23)[n+](C)c1. The van der Waals surface area contributed by atoms with Gasteiger partial charge in [0.1, 0.15) is 18.1 Å². The Bertz CT molecular complexity index is 1110. The Kier molecular flexibility index (Phi) is 2.67. The second-order valence-corrected chi connectivity index (χ2v) is 5.76. The summed E-state index contributed by atoms with van der Waals surface area (Å²) in [5.41, 5.74) is 6.07. The van der Waals surface area contributed by atoms with E-state index in [4.69, 9.17) is 7.16 Å². The van der Waals surface area contributed by atoms with Crippen LogP contribution in [0.3, 0.4) is 0 Å². The molecule has 23 heavy (non-hydrogen) atoms. The lowest BCUT2D eigenvalue weighted by Crippen LogP contribution is -2.31. The molecule has 1 aromatic carbocycles. The summed E-state index contributed by atoms with van der Waals surface area (Å²) in [4.78, 5) is 4.58. The van der Waals surface area contributed by atoms with Gasteiger partial charge in [0.15, 0.2) is 11.8 Å². The second kappa shape index (κ2) is 5.20. The number of hydrogen-bond acceptors (Lipinski definition) is 2. The van der Waals surface area contributed by atoms with Crippen LogP contribution in [0, 0.1) is 6.92 Å². The molecule has 0 saturated carbocycles. The molecule has 0 aliphatic heterocycles. The Morgan fingerprint density at radius 3 is 2.83 bits per heavy atom. The molecular weight excluding hydrogens is 284 g/mol. The third kappa shape index (κ3) is 2.12. The highest BCUT2D eigenvalue weighted by molar-refractivity contribution is 6.07. The van der Waals surface area contributed by atoms with Crippen molar-refractivity contribution in [3.05, 3.63) is 59.9 Å². The largest absolute Gasteiger partial charge is 0.453 e. The standard InChI is InChI=1S/C20H19N2O/c1-4-14-9-10-16(22(3)12-14)18-13(2)11-21-19-15-7-5-6-8-17(15)23-20(18)19/h5-12H,4H2,1-3H3/q+1/i4D2. The zero-order valence-corrected chi connectivity index (χ0v) is 13.4. The van der Waals surface area contributed by atoms with Crippen LogP contribution in [0.2, 0.25) is 0 Å². The summed E-state index contributed by atoms with van der Waals surface area (Å²) >= 11 is 0. The van der Waals surface area contributed by atoms with Gasteiger partial charge in [0.2, 0.25) is 5.69 Å². The quantitative estimate of drug-likeness (QED) is 0.516. The highest BCUT2D eigenvalue weighted by atomic mass is 16.3. The molecule has 0 spiro atoms. The van der Waals surface area contributed by atoms with Gasteiger partial charge >= 0.3 is 0 Å². The Morgan fingerprint density at radius 2 is 2.04 bits per heavy atom. The molecule has 0 aliphatic rings. The zero-order valence-electron chi connectivity index (χ0n) is 15.4. The van der Waals surface area contributed by atoms with Gasteiger partial charge in [-0.3, -0.25) is 4.98 Å². The van der Waals surface area contributed by atoms with Crippen LogP contribution >= 0.6 is 0 Å². The molecule has 0 atom stereocenters. The number of para-hydroxylation sites is 1. The number of hydrogen-bond donors (Lipinski definition) is 0. The van der Waals surface area contributed by atoms with Gasteiger partial charge in [0, 0.05) is 26.0 Å². The number of aromatic nitrogens is 2. The van der Waals surface area contributed by atoms with E-state index in [9.17, 15) is 0 Å². The van der Waals surface area contributed by atoms with Crippen molar-refractivity contribution in [2.75, 3.05) is 0 Å². The Balaban J connectivity index is 2.02. The van der Waals surface area contributed by atoms with E-state index in [1.807, 2.05) is 67.3 Å². The Labute approximate surface area is 138 Å². The fourth-order valence-electron chi connectivity index (χ4n) is 3.07. The Morgan fingerprint density at radius 1 is 1.22 bits per heavy atom. The minimum atomic E-state index is -1.38. The smallest absolute Gasteiger partial charge is 0.216 e. The third-order valence-electron chi connectivity index (χ3n) is 4.26. The fraction of sp³-hybridized carbons (Fsp3) is 0.200. The van der Waals surface area contributed by atoms with E-state index < -0.39 is 6.37 Å². The van der Waals surface area contributed by atoms with Crippen LogP contribution in [0.4, 0.5) is 0 Å². The lowest BCUT2D eigenvalue weighted by atomic mass is 10.0. The molecule has 4 aromatic rings. The molecule has 0 fully saturated rings. The average molecular weight is 305 g/mol. The molecule has 0 saturated heterocycles. The molecule has 0 amide bonds. The molecule has 4 rings (SSSR count). The van der Waals surface area contributed by atoms with Crippen molar-refractivity contribution in [2.45, 2.75) is 20.2 Å². The average Bonchev–Trinajstić information content (AvgIpc) is 2.93. The molecule has 3 aromatic heterocycles. The topological polar surface area (TPSA) is 29.9 Å². The molecule has 0 radical (unpaired) electrons. The van der Waals surface area contributed by atoms with Gasteiger partial charge in [-0.25, -0.2) is 4.57 Å². The van der Waals surface area contributed by atoms with Gasteiger partial charge in [0.05, 0.1) is 5.56 Å². The minimum absolute atomic E-state index is 0.645. The van der Waals surface area contributed by atoms with Crippen molar-refractivity contribution < 1.29 is 11.7 Å². The van der Waals surface area contributed by atoms with Crippen molar-refractivity contribution in [1.29, 1.82) is 0 Å². The predicted octanol–water partition coefficient (Wildman–Crippen LogP) is 4.34. The molecule has 3 heterocycles. The summed E-state index contributed by atoms with van der Waals surface area (Å²) in [6, 6.07) is 11.7. The molecular formula is C20H19N2O+. The molecule has 3 nitrogen and oxygen atoms in total. The van der Waals surface area contributed by atoms with E-state index in [1.54, 1.807) is 6.92 Å². The second-order valence-electron chi connectivity index (χ2n) is 5.76. The van der Waals surface area contributed by atoms with Crippen LogP contribution in [-0.4, -0.2) is 4.98 Å². The van der Waals surface area contributed by atoms with Crippen molar-refractivity contribution >= 4 is 22.1 Å².